The number of benzene rings is 1. The van der Waals surface area contributed by atoms with E-state index in [4.69, 9.17) is 0 Å². The molecule has 0 unspecified atom stereocenters. The first-order valence-electron chi connectivity index (χ1n) is 6.55. The minimum atomic E-state index is -0.920. The predicted octanol–water partition coefficient (Wildman–Crippen LogP) is 1.10. The van der Waals surface area contributed by atoms with Gasteiger partial charge in [0, 0.05) is 0 Å². The second-order valence-corrected chi connectivity index (χ2v) is 5.09. The average Bonchev–Trinajstić information content (AvgIpc) is 2.40. The normalized spacial score (nSPS) is 11.4. The van der Waals surface area contributed by atoms with Gasteiger partial charge in [0.2, 0.25) is 5.91 Å². The number of aliphatic hydroxyl groups excluding tert-OH is 2. The van der Waals surface area contributed by atoms with E-state index >= 15 is 0 Å². The van der Waals surface area contributed by atoms with Gasteiger partial charge in [-0.15, -0.1) is 0 Å². The minimum absolute atomic E-state index is 0.187. The van der Waals surface area contributed by atoms with Crippen LogP contribution in [0.5, 0.6) is 0 Å². The van der Waals surface area contributed by atoms with E-state index in [0.717, 1.165) is 11.1 Å². The third-order valence-corrected chi connectivity index (χ3v) is 3.62. The Balaban J connectivity index is 2.71. The molecule has 4 heteroatoms. The Hall–Kier alpha value is -1.39. The Morgan fingerprint density at radius 1 is 1.21 bits per heavy atom. The number of rotatable bonds is 6. The number of aryl methyl sites for hydroxylation is 2. The van der Waals surface area contributed by atoms with Gasteiger partial charge in [0.25, 0.3) is 0 Å². The summed E-state index contributed by atoms with van der Waals surface area (Å²) in [7, 11) is 0. The van der Waals surface area contributed by atoms with E-state index < -0.39 is 5.54 Å². The van der Waals surface area contributed by atoms with E-state index in [9.17, 15) is 15.0 Å². The van der Waals surface area contributed by atoms with Crippen LogP contribution >= 0.6 is 0 Å². The maximum Gasteiger partial charge on any atom is 0.225 e. The summed E-state index contributed by atoms with van der Waals surface area (Å²) in [6, 6.07) is 5.90. The number of nitrogens with one attached hydrogen (secondary N) is 1. The van der Waals surface area contributed by atoms with Crippen LogP contribution < -0.4 is 5.32 Å². The molecule has 0 saturated carbocycles. The molecule has 1 aromatic rings. The zero-order chi connectivity index (χ0) is 14.5. The largest absolute Gasteiger partial charge is 0.394 e. The highest BCUT2D eigenvalue weighted by molar-refractivity contribution is 5.79. The van der Waals surface area contributed by atoms with E-state index in [1.165, 1.54) is 5.56 Å². The Labute approximate surface area is 114 Å². The van der Waals surface area contributed by atoms with Crippen molar-refractivity contribution in [3.05, 3.63) is 34.9 Å². The van der Waals surface area contributed by atoms with Gasteiger partial charge in [-0.2, -0.15) is 0 Å². The first-order valence-corrected chi connectivity index (χ1v) is 6.55. The Kier molecular flexibility index (Phi) is 5.51. The highest BCUT2D eigenvalue weighted by atomic mass is 16.3. The molecule has 0 radical (unpaired) electrons. The van der Waals surface area contributed by atoms with Crippen LogP contribution in [0.15, 0.2) is 18.2 Å². The topological polar surface area (TPSA) is 69.6 Å². The average molecular weight is 265 g/mol. The van der Waals surface area contributed by atoms with E-state index in [0.29, 0.717) is 6.42 Å². The summed E-state index contributed by atoms with van der Waals surface area (Å²) in [6.45, 7) is 5.33. The molecule has 0 atom stereocenters. The van der Waals surface area contributed by atoms with Gasteiger partial charge < -0.3 is 15.5 Å². The maximum atomic E-state index is 12.0. The molecule has 1 amide bonds. The molecule has 1 rings (SSSR count). The molecule has 0 saturated heterocycles. The third-order valence-electron chi connectivity index (χ3n) is 3.62. The van der Waals surface area contributed by atoms with Gasteiger partial charge in [0.05, 0.1) is 25.2 Å². The van der Waals surface area contributed by atoms with Crippen LogP contribution in [0.2, 0.25) is 0 Å². The molecule has 0 bridgehead atoms. The number of carbonyl (C=O) groups is 1. The van der Waals surface area contributed by atoms with Gasteiger partial charge in [-0.3, -0.25) is 4.79 Å². The zero-order valence-corrected chi connectivity index (χ0v) is 11.9. The fourth-order valence-electron chi connectivity index (χ4n) is 1.88. The molecule has 106 valence electrons. The number of aliphatic hydroxyl groups is 2. The lowest BCUT2D eigenvalue weighted by atomic mass is 9.97. The third kappa shape index (κ3) is 4.04. The summed E-state index contributed by atoms with van der Waals surface area (Å²) in [5.74, 6) is -0.187. The molecular formula is C15H23NO3. The second kappa shape index (κ2) is 6.68. The fourth-order valence-corrected chi connectivity index (χ4v) is 1.88. The van der Waals surface area contributed by atoms with E-state index in [-0.39, 0.29) is 25.5 Å². The summed E-state index contributed by atoms with van der Waals surface area (Å²) in [6.07, 6.45) is 0.738. The second-order valence-electron chi connectivity index (χ2n) is 5.09. The van der Waals surface area contributed by atoms with Crippen molar-refractivity contribution < 1.29 is 15.0 Å². The first-order chi connectivity index (χ1) is 8.96. The van der Waals surface area contributed by atoms with E-state index in [1.54, 1.807) is 0 Å². The van der Waals surface area contributed by atoms with Crippen molar-refractivity contribution in [3.8, 4) is 0 Å². The van der Waals surface area contributed by atoms with Gasteiger partial charge >= 0.3 is 0 Å². The van der Waals surface area contributed by atoms with Crippen molar-refractivity contribution in [1.82, 2.24) is 5.32 Å². The molecule has 0 spiro atoms. The lowest BCUT2D eigenvalue weighted by Crippen LogP contribution is -2.54. The lowest BCUT2D eigenvalue weighted by molar-refractivity contribution is -0.123. The quantitative estimate of drug-likeness (QED) is 0.721. The van der Waals surface area contributed by atoms with Gasteiger partial charge in [-0.05, 0) is 37.0 Å². The first kappa shape index (κ1) is 15.7. The number of hydrogen-bond acceptors (Lipinski definition) is 3. The lowest BCUT2D eigenvalue weighted by Gasteiger charge is -2.29. The molecule has 4 nitrogen and oxygen atoms in total. The summed E-state index contributed by atoms with van der Waals surface area (Å²) < 4.78 is 0. The molecule has 3 N–H and O–H groups in total. The molecule has 0 aliphatic heterocycles. The standard InChI is InChI=1S/C15H23NO3/c1-4-15(9-17,10-18)16-14(19)8-13-6-5-11(2)12(3)7-13/h5-7,17-18H,4,8-10H2,1-3H3,(H,16,19). The van der Waals surface area contributed by atoms with Gasteiger partial charge in [0.1, 0.15) is 0 Å². The summed E-state index contributed by atoms with van der Waals surface area (Å²) in [4.78, 5) is 12.0. The van der Waals surface area contributed by atoms with Crippen molar-refractivity contribution in [1.29, 1.82) is 0 Å². The Bertz CT molecular complexity index is 431. The predicted molar refractivity (Wildman–Crippen MR) is 75.0 cm³/mol. The summed E-state index contributed by atoms with van der Waals surface area (Å²) >= 11 is 0. The molecule has 0 aliphatic rings. The maximum absolute atomic E-state index is 12.0. The SMILES string of the molecule is CCC(CO)(CO)NC(=O)Cc1ccc(C)c(C)c1. The fraction of sp³-hybridized carbons (Fsp3) is 0.533. The molecule has 0 aliphatic carbocycles. The van der Waals surface area contributed by atoms with Crippen molar-refractivity contribution >= 4 is 5.91 Å². The van der Waals surface area contributed by atoms with E-state index in [1.807, 2.05) is 39.0 Å². The Morgan fingerprint density at radius 3 is 2.32 bits per heavy atom. The summed E-state index contributed by atoms with van der Waals surface area (Å²) in [5, 5.41) is 21.3. The highest BCUT2D eigenvalue weighted by Crippen LogP contribution is 2.12. The van der Waals surface area contributed by atoms with Crippen molar-refractivity contribution in [2.45, 2.75) is 39.2 Å². The number of carbonyl (C=O) groups excluding carboxylic acids is 1. The monoisotopic (exact) mass is 265 g/mol. The summed E-state index contributed by atoms with van der Waals surface area (Å²) in [5.41, 5.74) is 2.35. The Morgan fingerprint density at radius 2 is 1.84 bits per heavy atom. The van der Waals surface area contributed by atoms with Crippen molar-refractivity contribution in [3.63, 3.8) is 0 Å². The van der Waals surface area contributed by atoms with Crippen molar-refractivity contribution in [2.75, 3.05) is 13.2 Å². The van der Waals surface area contributed by atoms with Crippen LogP contribution in [-0.2, 0) is 11.2 Å². The van der Waals surface area contributed by atoms with Gasteiger partial charge in [0.15, 0.2) is 0 Å². The van der Waals surface area contributed by atoms with Gasteiger partial charge in [-0.25, -0.2) is 0 Å². The van der Waals surface area contributed by atoms with Crippen LogP contribution in [0.4, 0.5) is 0 Å². The molecule has 0 aromatic heterocycles. The van der Waals surface area contributed by atoms with Crippen LogP contribution in [0, 0.1) is 13.8 Å². The minimum Gasteiger partial charge on any atom is -0.394 e. The molecule has 1 aromatic carbocycles. The van der Waals surface area contributed by atoms with Crippen LogP contribution in [0.3, 0.4) is 0 Å². The number of hydrogen-bond donors (Lipinski definition) is 3. The van der Waals surface area contributed by atoms with Crippen LogP contribution in [0.1, 0.15) is 30.0 Å². The van der Waals surface area contributed by atoms with Gasteiger partial charge in [-0.1, -0.05) is 25.1 Å². The molecule has 0 heterocycles. The molecular weight excluding hydrogens is 242 g/mol. The van der Waals surface area contributed by atoms with Crippen molar-refractivity contribution in [2.24, 2.45) is 0 Å². The van der Waals surface area contributed by atoms with Crippen LogP contribution in [0.25, 0.3) is 0 Å². The molecule has 19 heavy (non-hydrogen) atoms. The van der Waals surface area contributed by atoms with E-state index in [2.05, 4.69) is 5.32 Å². The number of amides is 1. The smallest absolute Gasteiger partial charge is 0.225 e. The zero-order valence-electron chi connectivity index (χ0n) is 11.9. The highest BCUT2D eigenvalue weighted by Gasteiger charge is 2.28. The molecule has 0 fully saturated rings. The van der Waals surface area contributed by atoms with Crippen LogP contribution in [-0.4, -0.2) is 34.9 Å².